The van der Waals surface area contributed by atoms with Gasteiger partial charge in [0.1, 0.15) is 0 Å². The highest BCUT2D eigenvalue weighted by molar-refractivity contribution is 7.99. The van der Waals surface area contributed by atoms with Crippen LogP contribution in [0.4, 0.5) is 0 Å². The van der Waals surface area contributed by atoms with Crippen molar-refractivity contribution in [2.45, 2.75) is 30.7 Å². The third-order valence-electron chi connectivity index (χ3n) is 3.35. The molecule has 1 aromatic rings. The maximum atomic E-state index is 12.1. The summed E-state index contributed by atoms with van der Waals surface area (Å²) in [6.07, 6.45) is 1.08. The summed E-state index contributed by atoms with van der Waals surface area (Å²) < 4.78 is 0. The second-order valence-corrected chi connectivity index (χ2v) is 6.85. The summed E-state index contributed by atoms with van der Waals surface area (Å²) in [6, 6.07) is 10.4. The normalized spacial score (nSPS) is 19.7. The fourth-order valence-electron chi connectivity index (χ4n) is 2.29. The molecule has 3 nitrogen and oxygen atoms in total. The van der Waals surface area contributed by atoms with E-state index >= 15 is 0 Å². The number of carbonyl (C=O) groups is 1. The molecule has 1 amide bonds. The van der Waals surface area contributed by atoms with Gasteiger partial charge < -0.3 is 10.6 Å². The first kappa shape index (κ1) is 14.4. The Bertz CT molecular complexity index is 428. The molecular weight excluding hydrogens is 256 g/mol. The van der Waals surface area contributed by atoms with Crippen molar-refractivity contribution in [1.29, 1.82) is 0 Å². The van der Waals surface area contributed by atoms with Gasteiger partial charge in [-0.1, -0.05) is 18.2 Å². The van der Waals surface area contributed by atoms with Gasteiger partial charge in [-0.2, -0.15) is 0 Å². The van der Waals surface area contributed by atoms with Crippen molar-refractivity contribution >= 4 is 17.7 Å². The average molecular weight is 278 g/mol. The van der Waals surface area contributed by atoms with Crippen molar-refractivity contribution < 1.29 is 4.79 Å². The van der Waals surface area contributed by atoms with E-state index in [1.54, 1.807) is 13.8 Å². The maximum absolute atomic E-state index is 12.1. The molecule has 1 saturated heterocycles. The SMILES string of the molecule is CC(C)(N)C(=O)N1CCC(CSc2ccccc2)C1. The van der Waals surface area contributed by atoms with Gasteiger partial charge in [0.15, 0.2) is 0 Å². The topological polar surface area (TPSA) is 46.3 Å². The Morgan fingerprint density at radius 3 is 2.74 bits per heavy atom. The summed E-state index contributed by atoms with van der Waals surface area (Å²) >= 11 is 1.87. The number of rotatable bonds is 4. The molecule has 0 bridgehead atoms. The monoisotopic (exact) mass is 278 g/mol. The molecule has 1 heterocycles. The summed E-state index contributed by atoms with van der Waals surface area (Å²) in [5.41, 5.74) is 5.12. The molecule has 0 radical (unpaired) electrons. The predicted octanol–water partition coefficient (Wildman–Crippen LogP) is 2.36. The van der Waals surface area contributed by atoms with Gasteiger partial charge in [0, 0.05) is 23.7 Å². The van der Waals surface area contributed by atoms with Crippen LogP contribution in [0, 0.1) is 5.92 Å². The van der Waals surface area contributed by atoms with Crippen LogP contribution in [0.15, 0.2) is 35.2 Å². The van der Waals surface area contributed by atoms with Gasteiger partial charge in [-0.25, -0.2) is 0 Å². The van der Waals surface area contributed by atoms with E-state index in [9.17, 15) is 4.79 Å². The summed E-state index contributed by atoms with van der Waals surface area (Å²) in [6.45, 7) is 5.25. The number of benzene rings is 1. The number of likely N-dealkylation sites (tertiary alicyclic amines) is 1. The summed E-state index contributed by atoms with van der Waals surface area (Å²) in [5, 5.41) is 0. The van der Waals surface area contributed by atoms with Crippen molar-refractivity contribution in [3.8, 4) is 0 Å². The van der Waals surface area contributed by atoms with E-state index in [4.69, 9.17) is 5.73 Å². The van der Waals surface area contributed by atoms with Gasteiger partial charge in [-0.15, -0.1) is 11.8 Å². The lowest BCUT2D eigenvalue weighted by atomic mass is 10.1. The zero-order valence-electron chi connectivity index (χ0n) is 11.6. The van der Waals surface area contributed by atoms with Gasteiger partial charge >= 0.3 is 0 Å². The molecule has 2 rings (SSSR count). The third-order valence-corrected chi connectivity index (χ3v) is 4.60. The van der Waals surface area contributed by atoms with Crippen molar-refractivity contribution in [3.05, 3.63) is 30.3 Å². The molecule has 1 aliphatic rings. The lowest BCUT2D eigenvalue weighted by Crippen LogP contribution is -2.50. The maximum Gasteiger partial charge on any atom is 0.242 e. The molecule has 0 aliphatic carbocycles. The minimum atomic E-state index is -0.749. The standard InChI is InChI=1S/C15H22N2OS/c1-15(2,16)14(18)17-9-8-12(10-17)11-19-13-6-4-3-5-7-13/h3-7,12H,8-11,16H2,1-2H3. The molecule has 1 fully saturated rings. The van der Waals surface area contributed by atoms with Crippen LogP contribution in [0.1, 0.15) is 20.3 Å². The Labute approximate surface area is 119 Å². The number of carbonyl (C=O) groups excluding carboxylic acids is 1. The minimum absolute atomic E-state index is 0.0692. The molecule has 0 aromatic heterocycles. The predicted molar refractivity (Wildman–Crippen MR) is 80.1 cm³/mol. The fraction of sp³-hybridized carbons (Fsp3) is 0.533. The Kier molecular flexibility index (Phi) is 4.53. The number of hydrogen-bond donors (Lipinski definition) is 1. The Hall–Kier alpha value is -1.00. The van der Waals surface area contributed by atoms with E-state index in [0.717, 1.165) is 25.3 Å². The largest absolute Gasteiger partial charge is 0.341 e. The van der Waals surface area contributed by atoms with E-state index < -0.39 is 5.54 Å². The number of amides is 1. The van der Waals surface area contributed by atoms with Crippen LogP contribution in [0.3, 0.4) is 0 Å². The smallest absolute Gasteiger partial charge is 0.242 e. The number of nitrogens with zero attached hydrogens (tertiary/aromatic N) is 1. The summed E-state index contributed by atoms with van der Waals surface area (Å²) in [7, 11) is 0. The van der Waals surface area contributed by atoms with Crippen LogP contribution < -0.4 is 5.73 Å². The van der Waals surface area contributed by atoms with Crippen molar-refractivity contribution in [3.63, 3.8) is 0 Å². The lowest BCUT2D eigenvalue weighted by molar-refractivity contribution is -0.134. The lowest BCUT2D eigenvalue weighted by Gasteiger charge is -2.25. The first-order valence-electron chi connectivity index (χ1n) is 6.73. The van der Waals surface area contributed by atoms with E-state index in [1.807, 2.05) is 22.7 Å². The summed E-state index contributed by atoms with van der Waals surface area (Å²) in [4.78, 5) is 15.3. The third kappa shape index (κ3) is 3.98. The highest BCUT2D eigenvalue weighted by Crippen LogP contribution is 2.26. The molecule has 0 spiro atoms. The molecule has 0 saturated carbocycles. The van der Waals surface area contributed by atoms with E-state index in [0.29, 0.717) is 5.92 Å². The zero-order valence-corrected chi connectivity index (χ0v) is 12.5. The first-order chi connectivity index (χ1) is 8.97. The molecule has 1 aromatic carbocycles. The molecule has 1 aliphatic heterocycles. The van der Waals surface area contributed by atoms with Gasteiger partial charge in [0.2, 0.25) is 5.91 Å². The van der Waals surface area contributed by atoms with E-state index in [2.05, 4.69) is 24.3 Å². The number of hydrogen-bond acceptors (Lipinski definition) is 3. The molecule has 104 valence electrons. The number of thioether (sulfide) groups is 1. The molecule has 2 N–H and O–H groups in total. The first-order valence-corrected chi connectivity index (χ1v) is 7.71. The second kappa shape index (κ2) is 5.97. The Morgan fingerprint density at radius 2 is 2.11 bits per heavy atom. The molecule has 19 heavy (non-hydrogen) atoms. The Morgan fingerprint density at radius 1 is 1.42 bits per heavy atom. The van der Waals surface area contributed by atoms with Crippen LogP contribution in [0.2, 0.25) is 0 Å². The molecular formula is C15H22N2OS. The van der Waals surface area contributed by atoms with Crippen LogP contribution >= 0.6 is 11.8 Å². The quantitative estimate of drug-likeness (QED) is 0.860. The van der Waals surface area contributed by atoms with Gasteiger partial charge in [0.05, 0.1) is 5.54 Å². The molecule has 1 atom stereocenters. The van der Waals surface area contributed by atoms with Crippen LogP contribution in [-0.4, -0.2) is 35.2 Å². The van der Waals surface area contributed by atoms with Crippen molar-refractivity contribution in [2.24, 2.45) is 11.7 Å². The van der Waals surface area contributed by atoms with E-state index in [-0.39, 0.29) is 5.91 Å². The van der Waals surface area contributed by atoms with E-state index in [1.165, 1.54) is 4.90 Å². The minimum Gasteiger partial charge on any atom is -0.341 e. The van der Waals surface area contributed by atoms with Crippen molar-refractivity contribution in [2.75, 3.05) is 18.8 Å². The van der Waals surface area contributed by atoms with Crippen LogP contribution in [0.25, 0.3) is 0 Å². The highest BCUT2D eigenvalue weighted by atomic mass is 32.2. The Balaban J connectivity index is 1.81. The van der Waals surface area contributed by atoms with Crippen molar-refractivity contribution in [1.82, 2.24) is 4.90 Å². The highest BCUT2D eigenvalue weighted by Gasteiger charge is 2.33. The second-order valence-electron chi connectivity index (χ2n) is 5.75. The van der Waals surface area contributed by atoms with Crippen LogP contribution in [0.5, 0.6) is 0 Å². The van der Waals surface area contributed by atoms with Gasteiger partial charge in [0.25, 0.3) is 0 Å². The van der Waals surface area contributed by atoms with Crippen LogP contribution in [-0.2, 0) is 4.79 Å². The average Bonchev–Trinajstić information content (AvgIpc) is 2.84. The zero-order chi connectivity index (χ0) is 13.9. The number of nitrogens with two attached hydrogens (primary N) is 1. The van der Waals surface area contributed by atoms with Gasteiger partial charge in [-0.3, -0.25) is 4.79 Å². The molecule has 1 unspecified atom stereocenters. The fourth-order valence-corrected chi connectivity index (χ4v) is 3.34. The molecule has 4 heteroatoms. The van der Waals surface area contributed by atoms with Gasteiger partial charge in [-0.05, 0) is 38.3 Å². The summed E-state index contributed by atoms with van der Waals surface area (Å²) in [5.74, 6) is 1.72.